The summed E-state index contributed by atoms with van der Waals surface area (Å²) in [7, 11) is 4.04. The van der Waals surface area contributed by atoms with E-state index in [-0.39, 0.29) is 41.6 Å². The van der Waals surface area contributed by atoms with Crippen LogP contribution in [0.1, 0.15) is 78.5 Å². The highest BCUT2D eigenvalue weighted by atomic mass is 16.5. The number of aliphatic hydroxyl groups excluding tert-OH is 1. The summed E-state index contributed by atoms with van der Waals surface area (Å²) in [6, 6.07) is 29.3. The van der Waals surface area contributed by atoms with Gasteiger partial charge in [0.25, 0.3) is 23.6 Å². The van der Waals surface area contributed by atoms with Gasteiger partial charge in [-0.25, -0.2) is 9.97 Å². The van der Waals surface area contributed by atoms with Crippen LogP contribution in [-0.2, 0) is 22.6 Å². The zero-order chi connectivity index (χ0) is 44.8. The van der Waals surface area contributed by atoms with Crippen LogP contribution >= 0.6 is 0 Å². The zero-order valence-electron chi connectivity index (χ0n) is 36.3. The highest BCUT2D eigenvalue weighted by molar-refractivity contribution is 6.16. The van der Waals surface area contributed by atoms with Crippen LogP contribution in [0.5, 0.6) is 0 Å². The van der Waals surface area contributed by atoms with Gasteiger partial charge in [-0.05, 0) is 121 Å². The minimum absolute atomic E-state index is 0.109. The Morgan fingerprint density at radius 1 is 0.562 bits per heavy atom. The Hall–Kier alpha value is -6.58. The second-order valence-corrected chi connectivity index (χ2v) is 16.3. The van der Waals surface area contributed by atoms with Crippen molar-refractivity contribution in [3.63, 3.8) is 0 Å². The van der Waals surface area contributed by atoms with Crippen molar-refractivity contribution in [3.05, 3.63) is 143 Å². The molecule has 0 unspecified atom stereocenters. The number of benzene rings is 4. The van der Waals surface area contributed by atoms with Gasteiger partial charge in [0.05, 0.1) is 18.0 Å². The number of nitrogens with one attached hydrogen (secondary N) is 4. The summed E-state index contributed by atoms with van der Waals surface area (Å²) in [6.45, 7) is 4.69. The number of fused-ring (bicyclic) bond motifs is 2. The number of carbonyl (C=O) groups is 4. The summed E-state index contributed by atoms with van der Waals surface area (Å²) in [6.07, 6.45) is 6.80. The number of amides is 4. The quantitative estimate of drug-likeness (QED) is 0.0824. The maximum absolute atomic E-state index is 13.2. The third-order valence-electron chi connectivity index (χ3n) is 11.5. The molecular formula is C50H55N7O7. The van der Waals surface area contributed by atoms with Crippen LogP contribution in [0, 0.1) is 11.8 Å². The van der Waals surface area contributed by atoms with Gasteiger partial charge < -0.3 is 40.7 Å². The molecule has 2 aliphatic rings. The number of carbonyl (C=O) groups excluding carboxylic acids is 4. The van der Waals surface area contributed by atoms with E-state index in [0.29, 0.717) is 60.6 Å². The normalized spacial score (nSPS) is 14.4. The standard InChI is InChI=1S/C26H30N4O3.C24H25N3O4/c1-30(2)17-19-9-10-22(21-7-4-3-6-20(19)21)25(31)29-23-8-5-13-27-24(23)26(32)28-16-18-11-14-33-15-12-18;28-15-17-7-8-20(19-5-2-1-4-18(17)19)23(29)27-21-6-3-11-25-22(21)24(30)26-14-16-9-12-31-13-10-16/h3-10,13,18H,11-12,14-17H2,1-2H3,(H,28,32)(H,29,31);1-8,11,16,28H,9-10,12-15H2,(H,26,30)(H,27,29). The average Bonchev–Trinajstić information content (AvgIpc) is 3.33. The lowest BCUT2D eigenvalue weighted by Crippen LogP contribution is -2.33. The number of hydrogen-bond acceptors (Lipinski definition) is 10. The molecule has 8 rings (SSSR count). The van der Waals surface area contributed by atoms with Crippen molar-refractivity contribution < 1.29 is 33.8 Å². The minimum atomic E-state index is -0.341. The Morgan fingerprint density at radius 3 is 1.42 bits per heavy atom. The molecule has 14 nitrogen and oxygen atoms in total. The minimum Gasteiger partial charge on any atom is -0.392 e. The van der Waals surface area contributed by atoms with E-state index in [4.69, 9.17) is 9.47 Å². The number of ether oxygens (including phenoxy) is 2. The van der Waals surface area contributed by atoms with Crippen molar-refractivity contribution in [1.29, 1.82) is 0 Å². The number of hydrogen-bond donors (Lipinski definition) is 5. The van der Waals surface area contributed by atoms with E-state index >= 15 is 0 Å². The molecule has 2 saturated heterocycles. The number of aromatic nitrogens is 2. The molecule has 4 heterocycles. The Kier molecular flexibility index (Phi) is 15.7. The monoisotopic (exact) mass is 865 g/mol. The predicted octanol–water partition coefficient (Wildman–Crippen LogP) is 6.84. The molecule has 0 atom stereocenters. The average molecular weight is 866 g/mol. The van der Waals surface area contributed by atoms with Gasteiger partial charge in [-0.3, -0.25) is 19.2 Å². The molecule has 0 saturated carbocycles. The molecule has 332 valence electrons. The lowest BCUT2D eigenvalue weighted by Gasteiger charge is -2.22. The first kappa shape index (κ1) is 45.4. The summed E-state index contributed by atoms with van der Waals surface area (Å²) >= 11 is 0. The second-order valence-electron chi connectivity index (χ2n) is 16.3. The molecule has 0 spiro atoms. The van der Waals surface area contributed by atoms with E-state index < -0.39 is 0 Å². The summed E-state index contributed by atoms with van der Waals surface area (Å²) in [4.78, 5) is 62.4. The molecule has 4 amide bonds. The third kappa shape index (κ3) is 11.5. The molecule has 0 aliphatic carbocycles. The van der Waals surface area contributed by atoms with Crippen LogP contribution < -0.4 is 21.3 Å². The van der Waals surface area contributed by atoms with Crippen molar-refractivity contribution in [3.8, 4) is 0 Å². The summed E-state index contributed by atoms with van der Waals surface area (Å²) in [5, 5.41) is 24.7. The second kappa shape index (κ2) is 22.2. The Labute approximate surface area is 372 Å². The van der Waals surface area contributed by atoms with Gasteiger partial charge in [0.15, 0.2) is 11.4 Å². The Morgan fingerprint density at radius 2 is 0.984 bits per heavy atom. The molecule has 6 aromatic rings. The molecule has 64 heavy (non-hydrogen) atoms. The lowest BCUT2D eigenvalue weighted by atomic mass is 9.98. The first-order chi connectivity index (χ1) is 31.2. The van der Waals surface area contributed by atoms with E-state index in [1.54, 1.807) is 42.6 Å². The number of anilines is 2. The molecule has 2 aliphatic heterocycles. The van der Waals surface area contributed by atoms with Crippen molar-refractivity contribution >= 4 is 56.5 Å². The molecule has 2 aromatic heterocycles. The molecule has 0 radical (unpaired) electrons. The molecule has 14 heteroatoms. The molecule has 4 aromatic carbocycles. The van der Waals surface area contributed by atoms with Crippen LogP contribution in [0.25, 0.3) is 21.5 Å². The van der Waals surface area contributed by atoms with Crippen LogP contribution in [0.3, 0.4) is 0 Å². The highest BCUT2D eigenvalue weighted by Gasteiger charge is 2.22. The van der Waals surface area contributed by atoms with Gasteiger partial charge >= 0.3 is 0 Å². The van der Waals surface area contributed by atoms with Crippen LogP contribution in [-0.4, -0.2) is 97.2 Å². The Bertz CT molecular complexity index is 2590. The lowest BCUT2D eigenvalue weighted by molar-refractivity contribution is 0.0642. The van der Waals surface area contributed by atoms with E-state index in [1.807, 2.05) is 74.8 Å². The number of pyridine rings is 2. The van der Waals surface area contributed by atoms with E-state index in [2.05, 4.69) is 36.1 Å². The first-order valence-electron chi connectivity index (χ1n) is 21.7. The van der Waals surface area contributed by atoms with E-state index in [9.17, 15) is 24.3 Å². The highest BCUT2D eigenvalue weighted by Crippen LogP contribution is 2.27. The largest absolute Gasteiger partial charge is 0.392 e. The number of aliphatic hydroxyl groups is 1. The summed E-state index contributed by atoms with van der Waals surface area (Å²) in [5.74, 6) is -0.430. The topological polar surface area (TPSA) is 184 Å². The van der Waals surface area contributed by atoms with Crippen molar-refractivity contribution in [2.45, 2.75) is 38.8 Å². The fourth-order valence-electron chi connectivity index (χ4n) is 8.03. The van der Waals surface area contributed by atoms with Crippen molar-refractivity contribution in [2.24, 2.45) is 11.8 Å². The van der Waals surface area contributed by atoms with Gasteiger partial charge in [0, 0.05) is 69.6 Å². The van der Waals surface area contributed by atoms with Gasteiger partial charge in [-0.2, -0.15) is 0 Å². The number of nitrogens with zero attached hydrogens (tertiary/aromatic N) is 3. The van der Waals surface area contributed by atoms with Gasteiger partial charge in [-0.15, -0.1) is 0 Å². The van der Waals surface area contributed by atoms with Crippen molar-refractivity contribution in [2.75, 3.05) is 64.2 Å². The first-order valence-corrected chi connectivity index (χ1v) is 21.7. The fraction of sp³-hybridized carbons (Fsp3) is 0.320. The maximum Gasteiger partial charge on any atom is 0.272 e. The maximum atomic E-state index is 13.2. The summed E-state index contributed by atoms with van der Waals surface area (Å²) < 4.78 is 10.7. The molecule has 2 fully saturated rings. The fourth-order valence-corrected chi connectivity index (χ4v) is 8.03. The molecule has 5 N–H and O–H groups in total. The van der Waals surface area contributed by atoms with E-state index in [0.717, 1.165) is 78.1 Å². The molecular weight excluding hydrogens is 811 g/mol. The van der Waals surface area contributed by atoms with Gasteiger partial charge in [0.2, 0.25) is 0 Å². The number of rotatable bonds is 13. The smallest absolute Gasteiger partial charge is 0.272 e. The zero-order valence-corrected chi connectivity index (χ0v) is 36.3. The summed E-state index contributed by atoms with van der Waals surface area (Å²) in [5.41, 5.74) is 4.07. The van der Waals surface area contributed by atoms with Crippen molar-refractivity contribution in [1.82, 2.24) is 25.5 Å². The molecule has 0 bridgehead atoms. The van der Waals surface area contributed by atoms with Crippen LogP contribution in [0.15, 0.2) is 109 Å². The SMILES string of the molecule is CN(C)Cc1ccc(C(=O)Nc2cccnc2C(=O)NCC2CCOCC2)c2ccccc12.O=C(NCC1CCOCC1)c1ncccc1NC(=O)c1ccc(CO)c2ccccc12. The third-order valence-corrected chi connectivity index (χ3v) is 11.5. The van der Waals surface area contributed by atoms with Crippen LogP contribution in [0.2, 0.25) is 0 Å². The van der Waals surface area contributed by atoms with Crippen LogP contribution in [0.4, 0.5) is 11.4 Å². The van der Waals surface area contributed by atoms with E-state index in [1.165, 1.54) is 6.20 Å². The van der Waals surface area contributed by atoms with Gasteiger partial charge in [-0.1, -0.05) is 60.7 Å². The predicted molar refractivity (Wildman–Crippen MR) is 247 cm³/mol. The Balaban J connectivity index is 0.000000192. The van der Waals surface area contributed by atoms with Gasteiger partial charge in [0.1, 0.15) is 0 Å².